The van der Waals surface area contributed by atoms with Crippen LogP contribution in [0.5, 0.6) is 0 Å². The highest BCUT2D eigenvalue weighted by Gasteiger charge is 2.23. The number of rotatable bonds is 3. The van der Waals surface area contributed by atoms with Crippen molar-refractivity contribution in [3.05, 3.63) is 10.6 Å². The molecule has 2 rings (SSSR count). The third kappa shape index (κ3) is 1.89. The molecule has 1 fully saturated rings. The number of aliphatic hydroxyl groups excluding tert-OH is 1. The van der Waals surface area contributed by atoms with Crippen molar-refractivity contribution >= 4 is 11.5 Å². The maximum atomic E-state index is 9.86. The van der Waals surface area contributed by atoms with Gasteiger partial charge < -0.3 is 5.11 Å². The van der Waals surface area contributed by atoms with Gasteiger partial charge in [-0.05, 0) is 30.8 Å². The molecular weight excluding hydrogens is 184 g/mol. The summed E-state index contributed by atoms with van der Waals surface area (Å²) in [5, 5.41) is 13.8. The second-order valence-corrected chi connectivity index (χ2v) is 4.56. The summed E-state index contributed by atoms with van der Waals surface area (Å²) in [6.07, 6.45) is 4.46. The van der Waals surface area contributed by atoms with Gasteiger partial charge in [0.1, 0.15) is 0 Å². The maximum Gasteiger partial charge on any atom is 0.0919 e. The van der Waals surface area contributed by atoms with Crippen LogP contribution >= 0.6 is 11.5 Å². The monoisotopic (exact) mass is 198 g/mol. The lowest BCUT2D eigenvalue weighted by Crippen LogP contribution is -2.14. The van der Waals surface area contributed by atoms with Crippen molar-refractivity contribution in [2.45, 2.75) is 38.7 Å². The van der Waals surface area contributed by atoms with Gasteiger partial charge in [-0.15, -0.1) is 5.10 Å². The zero-order chi connectivity index (χ0) is 9.26. The Kier molecular flexibility index (Phi) is 2.60. The molecule has 0 radical (unpaired) electrons. The van der Waals surface area contributed by atoms with Gasteiger partial charge in [-0.3, -0.25) is 0 Å². The molecule has 1 N–H and O–H groups in total. The number of aliphatic hydroxyl groups is 1. The highest BCUT2D eigenvalue weighted by molar-refractivity contribution is 7.05. The van der Waals surface area contributed by atoms with Gasteiger partial charge in [-0.1, -0.05) is 23.8 Å². The summed E-state index contributed by atoms with van der Waals surface area (Å²) in [5.41, 5.74) is 0.886. The summed E-state index contributed by atoms with van der Waals surface area (Å²) < 4.78 is 3.83. The number of hydrogen-bond donors (Lipinski definition) is 1. The van der Waals surface area contributed by atoms with Crippen LogP contribution in [0.15, 0.2) is 0 Å². The summed E-state index contributed by atoms with van der Waals surface area (Å²) in [7, 11) is 0. The van der Waals surface area contributed by atoms with E-state index in [4.69, 9.17) is 0 Å². The fourth-order valence-electron chi connectivity index (χ4n) is 1.69. The molecular formula is C9H14N2OS. The Balaban J connectivity index is 1.96. The van der Waals surface area contributed by atoms with Crippen LogP contribution in [0.1, 0.15) is 42.4 Å². The van der Waals surface area contributed by atoms with Gasteiger partial charge in [0.2, 0.25) is 0 Å². The third-order valence-corrected chi connectivity index (χ3v) is 3.70. The zero-order valence-electron chi connectivity index (χ0n) is 7.73. The molecule has 4 heteroatoms. The van der Waals surface area contributed by atoms with E-state index >= 15 is 0 Å². The van der Waals surface area contributed by atoms with E-state index in [1.54, 1.807) is 0 Å². The van der Waals surface area contributed by atoms with Crippen molar-refractivity contribution in [2.24, 2.45) is 5.92 Å². The molecule has 1 aliphatic rings. The first kappa shape index (κ1) is 9.09. The van der Waals surface area contributed by atoms with E-state index < -0.39 is 0 Å². The van der Waals surface area contributed by atoms with Gasteiger partial charge in [-0.25, -0.2) is 0 Å². The number of aromatic nitrogens is 2. The quantitative estimate of drug-likeness (QED) is 0.808. The summed E-state index contributed by atoms with van der Waals surface area (Å²) in [6.45, 7) is 1.91. The van der Waals surface area contributed by atoms with E-state index in [0.29, 0.717) is 0 Å². The van der Waals surface area contributed by atoms with Crippen LogP contribution in [0, 0.1) is 12.8 Å². The van der Waals surface area contributed by atoms with E-state index in [1.807, 2.05) is 6.92 Å². The van der Waals surface area contributed by atoms with Crippen LogP contribution in [-0.2, 0) is 0 Å². The lowest BCUT2D eigenvalue weighted by Gasteiger charge is -2.27. The molecule has 0 saturated heterocycles. The van der Waals surface area contributed by atoms with Gasteiger partial charge in [0.05, 0.1) is 16.7 Å². The Labute approximate surface area is 82.0 Å². The molecule has 1 aromatic rings. The van der Waals surface area contributed by atoms with E-state index in [1.165, 1.54) is 30.8 Å². The first-order chi connectivity index (χ1) is 6.27. The molecule has 0 aromatic carbocycles. The predicted octanol–water partition coefficient (Wildman–Crippen LogP) is 2.07. The maximum absolute atomic E-state index is 9.86. The molecule has 72 valence electrons. The van der Waals surface area contributed by atoms with Gasteiger partial charge in [0, 0.05) is 0 Å². The van der Waals surface area contributed by atoms with Crippen LogP contribution in [0.2, 0.25) is 0 Å². The average molecular weight is 198 g/mol. The topological polar surface area (TPSA) is 46.0 Å². The molecule has 1 unspecified atom stereocenters. The fourth-order valence-corrected chi connectivity index (χ4v) is 2.34. The second-order valence-electron chi connectivity index (χ2n) is 3.77. The van der Waals surface area contributed by atoms with Crippen molar-refractivity contribution in [1.82, 2.24) is 9.59 Å². The molecule has 1 heterocycles. The molecule has 1 atom stereocenters. The first-order valence-electron chi connectivity index (χ1n) is 4.74. The Morgan fingerprint density at radius 2 is 2.38 bits per heavy atom. The molecule has 0 aliphatic heterocycles. The highest BCUT2D eigenvalue weighted by atomic mass is 32.1. The van der Waals surface area contributed by atoms with Gasteiger partial charge in [-0.2, -0.15) is 0 Å². The predicted molar refractivity (Wildman–Crippen MR) is 51.6 cm³/mol. The van der Waals surface area contributed by atoms with Crippen LogP contribution in [0.4, 0.5) is 0 Å². The lowest BCUT2D eigenvalue weighted by molar-refractivity contribution is 0.120. The average Bonchev–Trinajstić information content (AvgIpc) is 2.43. The normalized spacial score (nSPS) is 19.8. The fraction of sp³-hybridized carbons (Fsp3) is 0.778. The molecule has 1 aromatic heterocycles. The van der Waals surface area contributed by atoms with Crippen LogP contribution in [-0.4, -0.2) is 14.7 Å². The largest absolute Gasteiger partial charge is 0.387 e. The van der Waals surface area contributed by atoms with Gasteiger partial charge in [0.15, 0.2) is 0 Å². The third-order valence-electron chi connectivity index (χ3n) is 2.77. The van der Waals surface area contributed by atoms with E-state index in [9.17, 15) is 5.11 Å². The van der Waals surface area contributed by atoms with Crippen LogP contribution < -0.4 is 0 Å². The number of aryl methyl sites for hydroxylation is 1. The minimum Gasteiger partial charge on any atom is -0.387 e. The first-order valence-corrected chi connectivity index (χ1v) is 5.51. The van der Waals surface area contributed by atoms with E-state index in [2.05, 4.69) is 9.59 Å². The van der Waals surface area contributed by atoms with E-state index in [-0.39, 0.29) is 6.10 Å². The van der Waals surface area contributed by atoms with Crippen molar-refractivity contribution in [1.29, 1.82) is 0 Å². The Hall–Kier alpha value is -0.480. The second kappa shape index (κ2) is 3.72. The molecule has 13 heavy (non-hydrogen) atoms. The minimum atomic E-state index is -0.328. The Bertz CT molecular complexity index is 283. The lowest BCUT2D eigenvalue weighted by atomic mass is 9.81. The smallest absolute Gasteiger partial charge is 0.0919 e. The molecule has 1 aliphatic carbocycles. The van der Waals surface area contributed by atoms with Crippen molar-refractivity contribution in [2.75, 3.05) is 0 Å². The summed E-state index contributed by atoms with van der Waals surface area (Å²) in [6, 6.07) is 0. The molecule has 0 spiro atoms. The summed E-state index contributed by atoms with van der Waals surface area (Å²) in [5.74, 6) is 0.733. The van der Waals surface area contributed by atoms with Crippen molar-refractivity contribution in [3.63, 3.8) is 0 Å². The molecule has 3 nitrogen and oxygen atoms in total. The Morgan fingerprint density at radius 1 is 1.62 bits per heavy atom. The van der Waals surface area contributed by atoms with Crippen LogP contribution in [0.3, 0.4) is 0 Å². The molecule has 0 amide bonds. The summed E-state index contributed by atoms with van der Waals surface area (Å²) in [4.78, 5) is 0.951. The van der Waals surface area contributed by atoms with E-state index in [0.717, 1.165) is 22.9 Å². The standard InChI is InChI=1S/C9H14N2OS/c1-6-9(13-11-10-6)8(12)5-7-3-2-4-7/h7-8,12H,2-5H2,1H3. The summed E-state index contributed by atoms with van der Waals surface area (Å²) >= 11 is 1.32. The Morgan fingerprint density at radius 3 is 2.85 bits per heavy atom. The zero-order valence-corrected chi connectivity index (χ0v) is 8.55. The molecule has 0 bridgehead atoms. The van der Waals surface area contributed by atoms with Crippen molar-refractivity contribution < 1.29 is 5.11 Å². The molecule has 1 saturated carbocycles. The van der Waals surface area contributed by atoms with Crippen molar-refractivity contribution in [3.8, 4) is 0 Å². The SMILES string of the molecule is Cc1nnsc1C(O)CC1CCC1. The number of hydrogen-bond acceptors (Lipinski definition) is 4. The minimum absolute atomic E-state index is 0.328. The number of nitrogens with zero attached hydrogens (tertiary/aromatic N) is 2. The van der Waals surface area contributed by atoms with Gasteiger partial charge in [0.25, 0.3) is 0 Å². The van der Waals surface area contributed by atoms with Gasteiger partial charge >= 0.3 is 0 Å². The van der Waals surface area contributed by atoms with Crippen LogP contribution in [0.25, 0.3) is 0 Å². The highest BCUT2D eigenvalue weighted by Crippen LogP contribution is 2.35.